The molecule has 0 saturated carbocycles. The van der Waals surface area contributed by atoms with E-state index in [2.05, 4.69) is 87.6 Å². The third kappa shape index (κ3) is 46.8. The molecule has 68 heavy (non-hydrogen) atoms. The molecule has 0 unspecified atom stereocenters. The molecule has 0 N–H and O–H groups in total. The lowest BCUT2D eigenvalue weighted by molar-refractivity contribution is -0.941. The van der Waals surface area contributed by atoms with Crippen LogP contribution in [0.5, 0.6) is 0 Å². The zero-order valence-corrected chi connectivity index (χ0v) is 47.1. The largest absolute Gasteiger partial charge is 0.320 e. The number of hydrogen-bond donors (Lipinski definition) is 0. The van der Waals surface area contributed by atoms with Crippen molar-refractivity contribution >= 4 is 0 Å². The fourth-order valence-electron chi connectivity index (χ4n) is 10.7. The third-order valence-electron chi connectivity index (χ3n) is 15.3. The van der Waals surface area contributed by atoms with Crippen molar-refractivity contribution in [2.75, 3.05) is 19.6 Å². The van der Waals surface area contributed by atoms with E-state index < -0.39 is 0 Å². The van der Waals surface area contributed by atoms with Crippen molar-refractivity contribution in [3.63, 3.8) is 0 Å². The minimum atomic E-state index is 1.25. The molecule has 0 aliphatic carbocycles. The summed E-state index contributed by atoms with van der Waals surface area (Å²) in [6.45, 7) is 12.3. The molecular formula is C67H124N+. The van der Waals surface area contributed by atoms with Gasteiger partial charge in [0.1, 0.15) is 6.54 Å². The van der Waals surface area contributed by atoms with E-state index >= 15 is 0 Å². The van der Waals surface area contributed by atoms with Gasteiger partial charge in [0.25, 0.3) is 0 Å². The molecule has 0 heterocycles. The quantitative estimate of drug-likeness (QED) is 0.0347. The van der Waals surface area contributed by atoms with Crippen molar-refractivity contribution in [1.82, 2.24) is 0 Å². The van der Waals surface area contributed by atoms with Gasteiger partial charge in [0.2, 0.25) is 0 Å². The van der Waals surface area contributed by atoms with Gasteiger partial charge in [0.05, 0.1) is 19.6 Å². The molecule has 0 radical (unpaired) electrons. The van der Waals surface area contributed by atoms with Crippen molar-refractivity contribution in [2.24, 2.45) is 0 Å². The third-order valence-corrected chi connectivity index (χ3v) is 15.3. The first-order valence-electron chi connectivity index (χ1n) is 31.6. The predicted octanol–water partition coefficient (Wildman–Crippen LogP) is 23.5. The maximum Gasteiger partial charge on any atom is 0.104 e. The van der Waals surface area contributed by atoms with Gasteiger partial charge in [0.15, 0.2) is 0 Å². The summed E-state index contributed by atoms with van der Waals surface area (Å²) in [6, 6.07) is 11.6. The minimum Gasteiger partial charge on any atom is -0.320 e. The molecule has 0 spiro atoms. The first-order chi connectivity index (χ1) is 33.8. The van der Waals surface area contributed by atoms with Crippen molar-refractivity contribution in [3.8, 4) is 0 Å². The van der Waals surface area contributed by atoms with Crippen LogP contribution >= 0.6 is 0 Å². The number of nitrogens with zero attached hydrogens (tertiary/aromatic N) is 1. The van der Waals surface area contributed by atoms with Crippen LogP contribution in [-0.4, -0.2) is 24.1 Å². The van der Waals surface area contributed by atoms with Gasteiger partial charge in [-0.1, -0.05) is 280 Å². The Balaban J connectivity index is 2.47. The summed E-state index contributed by atoms with van der Waals surface area (Å²) in [4.78, 5) is 0. The number of hydrogen-bond acceptors (Lipinski definition) is 0. The monoisotopic (exact) mass is 943 g/mol. The molecule has 1 aromatic carbocycles. The maximum atomic E-state index is 2.48. The van der Waals surface area contributed by atoms with Gasteiger partial charge >= 0.3 is 0 Å². The average Bonchev–Trinajstić information content (AvgIpc) is 3.35. The molecule has 396 valence electrons. The highest BCUT2D eigenvalue weighted by Crippen LogP contribution is 2.23. The summed E-state index contributed by atoms with van der Waals surface area (Å²) < 4.78 is 1.34. The van der Waals surface area contributed by atoms with Gasteiger partial charge in [-0.2, -0.15) is 0 Å². The van der Waals surface area contributed by atoms with Crippen molar-refractivity contribution in [2.45, 2.75) is 336 Å². The van der Waals surface area contributed by atoms with Gasteiger partial charge in [-0.15, -0.1) is 0 Å². The predicted molar refractivity (Wildman–Crippen MR) is 311 cm³/mol. The Kier molecular flexibility index (Phi) is 51.8. The normalized spacial score (nSPS) is 12.3. The zero-order valence-electron chi connectivity index (χ0n) is 47.1. The highest BCUT2D eigenvalue weighted by atomic mass is 15.3. The zero-order chi connectivity index (χ0) is 48.6. The van der Waals surface area contributed by atoms with Crippen LogP contribution in [0.3, 0.4) is 0 Å². The molecule has 0 amide bonds. The highest BCUT2D eigenvalue weighted by molar-refractivity contribution is 5.13. The average molecular weight is 944 g/mol. The summed E-state index contributed by atoms with van der Waals surface area (Å²) in [7, 11) is 0. The number of benzene rings is 1. The molecular weight excluding hydrogens is 819 g/mol. The van der Waals surface area contributed by atoms with E-state index in [0.29, 0.717) is 0 Å². The second kappa shape index (κ2) is 54.7. The van der Waals surface area contributed by atoms with E-state index in [0.717, 1.165) is 0 Å². The van der Waals surface area contributed by atoms with E-state index in [-0.39, 0.29) is 0 Å². The molecule has 0 aliphatic heterocycles. The first-order valence-corrected chi connectivity index (χ1v) is 31.6. The number of unbranched alkanes of at least 4 members (excludes halogenated alkanes) is 42. The molecule has 0 fully saturated rings. The standard InChI is InChI=1S/C67H124N/c1-4-7-10-13-16-19-22-25-28-31-34-37-40-43-46-49-52-58-63-68(66-67-61-56-55-57-62-67,64-59-53-50-47-44-41-38-35-32-29-26-23-20-17-14-11-8-5-2)65-60-54-51-48-45-42-39-36-33-30-27-24-21-18-15-12-9-6-3/h25-30,55-57,61-62H,4-24,31-54,58-60,63-66H2,1-3H3/q+1/b28-25+,29-26+,30-27+. The van der Waals surface area contributed by atoms with Gasteiger partial charge in [0, 0.05) is 5.56 Å². The Labute approximate surface area is 430 Å². The van der Waals surface area contributed by atoms with Crippen molar-refractivity contribution in [3.05, 3.63) is 72.4 Å². The van der Waals surface area contributed by atoms with E-state index in [4.69, 9.17) is 0 Å². The van der Waals surface area contributed by atoms with Crippen LogP contribution in [0.25, 0.3) is 0 Å². The minimum absolute atomic E-state index is 1.25. The molecule has 0 atom stereocenters. The summed E-state index contributed by atoms with van der Waals surface area (Å²) in [5, 5.41) is 0. The van der Waals surface area contributed by atoms with E-state index in [9.17, 15) is 0 Å². The molecule has 1 rings (SSSR count). The topological polar surface area (TPSA) is 0 Å². The van der Waals surface area contributed by atoms with Crippen LogP contribution in [0, 0.1) is 0 Å². The molecule has 0 saturated heterocycles. The second-order valence-corrected chi connectivity index (χ2v) is 22.1. The molecule has 0 bridgehead atoms. The Morgan fingerprint density at radius 1 is 0.250 bits per heavy atom. The first kappa shape index (κ1) is 64.4. The smallest absolute Gasteiger partial charge is 0.104 e. The van der Waals surface area contributed by atoms with Crippen LogP contribution in [0.1, 0.15) is 335 Å². The summed E-state index contributed by atoms with van der Waals surface area (Å²) in [6.07, 6.45) is 82.3. The SMILES string of the molecule is CCCCCCCC/C=C/CCCCCCCCCC[N+](CCCCCCCCCC/C=C/CCCCCCCC)(CCCCCCCCCC/C=C/CCCCCCCC)Cc1ccccc1. The maximum absolute atomic E-state index is 2.48. The fourth-order valence-corrected chi connectivity index (χ4v) is 10.7. The van der Waals surface area contributed by atoms with Gasteiger partial charge in [-0.3, -0.25) is 0 Å². The summed E-state index contributed by atoms with van der Waals surface area (Å²) >= 11 is 0. The van der Waals surface area contributed by atoms with Crippen molar-refractivity contribution in [1.29, 1.82) is 0 Å². The lowest BCUT2D eigenvalue weighted by Crippen LogP contribution is -2.49. The number of quaternary nitrogens is 1. The van der Waals surface area contributed by atoms with Gasteiger partial charge in [-0.25, -0.2) is 0 Å². The van der Waals surface area contributed by atoms with Crippen LogP contribution in [-0.2, 0) is 6.54 Å². The van der Waals surface area contributed by atoms with E-state index in [1.807, 2.05) is 0 Å². The Morgan fingerprint density at radius 3 is 0.691 bits per heavy atom. The van der Waals surface area contributed by atoms with Crippen LogP contribution in [0.15, 0.2) is 66.8 Å². The Hall–Kier alpha value is -1.60. The molecule has 1 aromatic rings. The van der Waals surface area contributed by atoms with Gasteiger partial charge in [-0.05, 0) is 116 Å². The highest BCUT2D eigenvalue weighted by Gasteiger charge is 2.26. The van der Waals surface area contributed by atoms with Crippen molar-refractivity contribution < 1.29 is 4.48 Å². The van der Waals surface area contributed by atoms with Crippen LogP contribution < -0.4 is 0 Å². The lowest BCUT2D eigenvalue weighted by atomic mass is 10.0. The number of rotatable bonds is 56. The molecule has 1 heteroatoms. The van der Waals surface area contributed by atoms with E-state index in [1.165, 1.54) is 339 Å². The fraction of sp³-hybridized carbons (Fsp3) is 0.821. The van der Waals surface area contributed by atoms with Gasteiger partial charge < -0.3 is 4.48 Å². The Morgan fingerprint density at radius 2 is 0.456 bits per heavy atom. The lowest BCUT2D eigenvalue weighted by Gasteiger charge is -2.39. The number of allylic oxidation sites excluding steroid dienone is 6. The molecule has 1 nitrogen and oxygen atoms in total. The van der Waals surface area contributed by atoms with Crippen LogP contribution in [0.4, 0.5) is 0 Å². The van der Waals surface area contributed by atoms with E-state index in [1.54, 1.807) is 5.56 Å². The van der Waals surface area contributed by atoms with Crippen LogP contribution in [0.2, 0.25) is 0 Å². The summed E-state index contributed by atoms with van der Waals surface area (Å²) in [5.74, 6) is 0. The second-order valence-electron chi connectivity index (χ2n) is 22.1. The molecule has 0 aromatic heterocycles. The summed E-state index contributed by atoms with van der Waals surface area (Å²) in [5.41, 5.74) is 1.57. The molecule has 0 aliphatic rings. The Bertz CT molecular complexity index is 1050.